The van der Waals surface area contributed by atoms with Crippen molar-refractivity contribution in [3.05, 3.63) is 11.6 Å². The number of hydrogen-bond donors (Lipinski definition) is 1. The highest BCUT2D eigenvalue weighted by Crippen LogP contribution is 2.68. The van der Waals surface area contributed by atoms with Gasteiger partial charge in [-0.1, -0.05) is 68.4 Å². The number of ketones is 2. The average Bonchev–Trinajstić information content (AvgIpc) is 2.86. The third kappa shape index (κ3) is 6.34. The molecule has 3 aliphatic carbocycles. The Bertz CT molecular complexity index is 1210. The number of nitrogens with zero attached hydrogens (tertiary/aromatic N) is 1. The minimum Gasteiger partial charge on any atom is -0.348 e. The first kappa shape index (κ1) is 35.3. The smallest absolute Gasteiger partial charge is 0.348 e. The zero-order valence-electron chi connectivity index (χ0n) is 28.0. The second-order valence-corrected chi connectivity index (χ2v) is 16.8. The van der Waals surface area contributed by atoms with E-state index in [1.165, 1.54) is 0 Å². The van der Waals surface area contributed by atoms with Crippen molar-refractivity contribution in [3.63, 3.8) is 0 Å². The Labute approximate surface area is 256 Å². The van der Waals surface area contributed by atoms with Gasteiger partial charge in [0.05, 0.1) is 5.57 Å². The first-order valence-electron chi connectivity index (χ1n) is 15.9. The number of halogens is 3. The van der Waals surface area contributed by atoms with Gasteiger partial charge in [0.2, 0.25) is 0 Å². The summed E-state index contributed by atoms with van der Waals surface area (Å²) in [4.78, 5) is 38.0. The maximum atomic E-state index is 13.3. The number of nitrogens with one attached hydrogen (secondary N) is 1. The van der Waals surface area contributed by atoms with Crippen LogP contribution in [0.2, 0.25) is 0 Å². The van der Waals surface area contributed by atoms with Crippen LogP contribution in [0.3, 0.4) is 0 Å². The van der Waals surface area contributed by atoms with Crippen LogP contribution in [-0.4, -0.2) is 30.2 Å². The molecule has 0 saturated heterocycles. The van der Waals surface area contributed by atoms with Gasteiger partial charge in [0, 0.05) is 18.4 Å². The summed E-state index contributed by atoms with van der Waals surface area (Å²) in [6.45, 7) is 20.7. The molecule has 0 heterocycles. The minimum atomic E-state index is -4.93. The standard InChI is InChI=1S/C35H53F3N2O3/c1-22-18-29(3,4)13-15-34(22,21-40-28(43)35(36,37)38)16-14-30(5,6)33(10)12-11-25-31(7,8)27(42)24(20-39)19-32(25,9)26(33)17-23(2)41/h19,22,25-26H,11-18,21H2,1-10H3,(H,40,43)/t22?,25-,26+,32-,33+,34+/m0/s1. The molecule has 0 aromatic carbocycles. The fourth-order valence-corrected chi connectivity index (χ4v) is 9.61. The molecular formula is C35H53F3N2O3. The van der Waals surface area contributed by atoms with Crippen molar-refractivity contribution in [3.8, 4) is 6.07 Å². The second kappa shape index (κ2) is 11.3. The number of alkyl halides is 3. The summed E-state index contributed by atoms with van der Waals surface area (Å²) in [5.41, 5.74) is -2.22. The van der Waals surface area contributed by atoms with E-state index >= 15 is 0 Å². The molecule has 1 unspecified atom stereocenters. The Morgan fingerprint density at radius 2 is 1.67 bits per heavy atom. The van der Waals surface area contributed by atoms with Crippen LogP contribution in [0.5, 0.6) is 0 Å². The molecule has 0 bridgehead atoms. The summed E-state index contributed by atoms with van der Waals surface area (Å²) < 4.78 is 39.5. The van der Waals surface area contributed by atoms with Gasteiger partial charge >= 0.3 is 12.1 Å². The van der Waals surface area contributed by atoms with E-state index in [-0.39, 0.29) is 57.7 Å². The van der Waals surface area contributed by atoms with Crippen LogP contribution in [0, 0.1) is 61.6 Å². The molecule has 0 radical (unpaired) electrons. The third-order valence-corrected chi connectivity index (χ3v) is 12.8. The molecule has 0 aromatic rings. The van der Waals surface area contributed by atoms with Gasteiger partial charge < -0.3 is 10.1 Å². The normalized spacial score (nSPS) is 35.8. The lowest BCUT2D eigenvalue weighted by molar-refractivity contribution is -0.174. The Balaban J connectivity index is 2.02. The Morgan fingerprint density at radius 1 is 1.07 bits per heavy atom. The van der Waals surface area contributed by atoms with E-state index in [9.17, 15) is 32.8 Å². The first-order valence-corrected chi connectivity index (χ1v) is 15.9. The lowest BCUT2D eigenvalue weighted by Gasteiger charge is -2.64. The van der Waals surface area contributed by atoms with Crippen molar-refractivity contribution in [2.75, 3.05) is 6.54 Å². The largest absolute Gasteiger partial charge is 0.471 e. The number of allylic oxidation sites excluding steroid dienone is 2. The Hall–Kier alpha value is -2.17. The van der Waals surface area contributed by atoms with E-state index in [1.807, 2.05) is 19.9 Å². The predicted molar refractivity (Wildman–Crippen MR) is 162 cm³/mol. The minimum absolute atomic E-state index is 0.0172. The summed E-state index contributed by atoms with van der Waals surface area (Å²) in [5, 5.41) is 12.1. The average molecular weight is 607 g/mol. The van der Waals surface area contributed by atoms with Crippen molar-refractivity contribution in [1.29, 1.82) is 5.26 Å². The zero-order valence-corrected chi connectivity index (χ0v) is 28.0. The quantitative estimate of drug-likeness (QED) is 0.301. The highest BCUT2D eigenvalue weighted by Gasteiger charge is 2.63. The number of hydrogen-bond acceptors (Lipinski definition) is 4. The monoisotopic (exact) mass is 606 g/mol. The van der Waals surface area contributed by atoms with E-state index in [0.29, 0.717) is 19.3 Å². The van der Waals surface area contributed by atoms with Crippen LogP contribution in [0.1, 0.15) is 121 Å². The molecule has 2 saturated carbocycles. The van der Waals surface area contributed by atoms with E-state index < -0.39 is 28.3 Å². The highest BCUT2D eigenvalue weighted by molar-refractivity contribution is 6.04. The molecule has 2 fully saturated rings. The van der Waals surface area contributed by atoms with E-state index in [1.54, 1.807) is 6.92 Å². The van der Waals surface area contributed by atoms with Gasteiger partial charge in [-0.25, -0.2) is 0 Å². The number of fused-ring (bicyclic) bond motifs is 1. The van der Waals surface area contributed by atoms with Crippen molar-refractivity contribution in [2.24, 2.45) is 50.2 Å². The first-order chi connectivity index (χ1) is 19.4. The summed E-state index contributed by atoms with van der Waals surface area (Å²) >= 11 is 0. The highest BCUT2D eigenvalue weighted by atomic mass is 19.4. The fourth-order valence-electron chi connectivity index (χ4n) is 9.61. The van der Waals surface area contributed by atoms with Crippen LogP contribution in [0.25, 0.3) is 0 Å². The molecule has 43 heavy (non-hydrogen) atoms. The van der Waals surface area contributed by atoms with Crippen LogP contribution in [-0.2, 0) is 14.4 Å². The van der Waals surface area contributed by atoms with Crippen molar-refractivity contribution in [2.45, 2.75) is 127 Å². The molecule has 6 atom stereocenters. The molecule has 242 valence electrons. The van der Waals surface area contributed by atoms with Gasteiger partial charge in [-0.3, -0.25) is 9.59 Å². The number of Topliss-reactive ketones (excluding diaryl/α,β-unsaturated/α-hetero) is 2. The van der Waals surface area contributed by atoms with Crippen molar-refractivity contribution < 1.29 is 27.6 Å². The third-order valence-electron chi connectivity index (χ3n) is 12.8. The molecule has 8 heteroatoms. The van der Waals surface area contributed by atoms with Crippen molar-refractivity contribution in [1.82, 2.24) is 5.32 Å². The molecular weight excluding hydrogens is 553 g/mol. The SMILES string of the molecule is CC(=O)C[C@@H]1[C@@]2(C)C=C(C#N)C(=O)C(C)(C)[C@@H]2CC[C@@]1(C)C(C)(C)CC[C@@]1(CNC(=O)C(F)(F)F)CCC(C)(C)CC1C. The van der Waals surface area contributed by atoms with E-state index in [0.717, 1.165) is 32.1 Å². The molecule has 3 aliphatic rings. The summed E-state index contributed by atoms with van der Waals surface area (Å²) in [6, 6.07) is 2.14. The van der Waals surface area contributed by atoms with Crippen LogP contribution in [0.4, 0.5) is 13.2 Å². The van der Waals surface area contributed by atoms with Gasteiger partial charge in [0.25, 0.3) is 0 Å². The molecule has 1 N–H and O–H groups in total. The van der Waals surface area contributed by atoms with E-state index in [2.05, 4.69) is 59.9 Å². The number of carbonyl (C=O) groups excluding carboxylic acids is 3. The van der Waals surface area contributed by atoms with Gasteiger partial charge in [0.15, 0.2) is 5.78 Å². The number of nitriles is 1. The zero-order chi connectivity index (χ0) is 33.0. The maximum Gasteiger partial charge on any atom is 0.471 e. The fraction of sp³-hybridized carbons (Fsp3) is 0.829. The van der Waals surface area contributed by atoms with Crippen LogP contribution < -0.4 is 5.32 Å². The molecule has 0 aromatic heterocycles. The summed E-state index contributed by atoms with van der Waals surface area (Å²) in [7, 11) is 0. The Morgan fingerprint density at radius 3 is 2.19 bits per heavy atom. The Kier molecular flexibility index (Phi) is 9.30. The van der Waals surface area contributed by atoms with E-state index in [4.69, 9.17) is 0 Å². The summed E-state index contributed by atoms with van der Waals surface area (Å²) in [6.07, 6.45) is 2.65. The second-order valence-electron chi connectivity index (χ2n) is 16.8. The molecule has 5 nitrogen and oxygen atoms in total. The van der Waals surface area contributed by atoms with Crippen LogP contribution in [0.15, 0.2) is 11.6 Å². The lowest BCUT2D eigenvalue weighted by Crippen LogP contribution is -2.60. The lowest BCUT2D eigenvalue weighted by atomic mass is 9.39. The van der Waals surface area contributed by atoms with Gasteiger partial charge in [0.1, 0.15) is 11.9 Å². The molecule has 3 rings (SSSR count). The number of amides is 1. The molecule has 0 spiro atoms. The van der Waals surface area contributed by atoms with Crippen LogP contribution >= 0.6 is 0 Å². The van der Waals surface area contributed by atoms with Gasteiger partial charge in [-0.05, 0) is 96.7 Å². The predicted octanol–water partition coefficient (Wildman–Crippen LogP) is 8.38. The number of carbonyl (C=O) groups is 3. The summed E-state index contributed by atoms with van der Waals surface area (Å²) in [5.74, 6) is -2.02. The van der Waals surface area contributed by atoms with Gasteiger partial charge in [-0.2, -0.15) is 18.4 Å². The molecule has 1 amide bonds. The number of rotatable bonds is 8. The maximum absolute atomic E-state index is 13.3. The van der Waals surface area contributed by atoms with Gasteiger partial charge in [-0.15, -0.1) is 0 Å². The topological polar surface area (TPSA) is 87.0 Å². The molecule has 0 aliphatic heterocycles. The van der Waals surface area contributed by atoms with Crippen molar-refractivity contribution >= 4 is 17.5 Å².